The molecule has 0 atom stereocenters. The van der Waals surface area contributed by atoms with Gasteiger partial charge in [-0.2, -0.15) is 4.31 Å². The van der Waals surface area contributed by atoms with E-state index in [1.54, 1.807) is 16.4 Å². The van der Waals surface area contributed by atoms with Crippen LogP contribution in [0.15, 0.2) is 52.1 Å². The third-order valence-corrected chi connectivity index (χ3v) is 8.84. The summed E-state index contributed by atoms with van der Waals surface area (Å²) >= 11 is 1.29. The van der Waals surface area contributed by atoms with Gasteiger partial charge in [0.2, 0.25) is 0 Å². The molecule has 0 amide bonds. The highest BCUT2D eigenvalue weighted by molar-refractivity contribution is 7.91. The van der Waals surface area contributed by atoms with Gasteiger partial charge in [0.15, 0.2) is 0 Å². The first kappa shape index (κ1) is 18.1. The Hall–Kier alpha value is -1.25. The van der Waals surface area contributed by atoms with E-state index in [9.17, 15) is 8.42 Å². The third kappa shape index (κ3) is 3.23. The highest BCUT2D eigenvalue weighted by Gasteiger charge is 2.44. The first-order valence-corrected chi connectivity index (χ1v) is 11.4. The number of piperidine rings is 1. The van der Waals surface area contributed by atoms with Crippen molar-refractivity contribution in [2.24, 2.45) is 0 Å². The second-order valence-electron chi connectivity index (χ2n) is 6.83. The Morgan fingerprint density at radius 3 is 2.23 bits per heavy atom. The summed E-state index contributed by atoms with van der Waals surface area (Å²) in [6.45, 7) is 4.37. The average Bonchev–Trinajstić information content (AvgIpc) is 3.25. The molecule has 1 aromatic heterocycles. The van der Waals surface area contributed by atoms with Gasteiger partial charge in [0.1, 0.15) is 4.21 Å². The van der Waals surface area contributed by atoms with Crippen LogP contribution in [0.25, 0.3) is 0 Å². The van der Waals surface area contributed by atoms with Crippen molar-refractivity contribution in [3.63, 3.8) is 0 Å². The molecule has 0 radical (unpaired) electrons. The van der Waals surface area contributed by atoms with E-state index in [-0.39, 0.29) is 5.54 Å². The monoisotopic (exact) mass is 392 g/mol. The van der Waals surface area contributed by atoms with Crippen molar-refractivity contribution in [2.75, 3.05) is 39.4 Å². The van der Waals surface area contributed by atoms with Crippen LogP contribution in [0.1, 0.15) is 18.4 Å². The lowest BCUT2D eigenvalue weighted by atomic mass is 9.79. The summed E-state index contributed by atoms with van der Waals surface area (Å²) in [6.07, 6.45) is 1.61. The van der Waals surface area contributed by atoms with E-state index < -0.39 is 10.0 Å². The molecular weight excluding hydrogens is 368 g/mol. The number of morpholine rings is 1. The third-order valence-electron chi connectivity index (χ3n) is 5.57. The van der Waals surface area contributed by atoms with Gasteiger partial charge in [0.05, 0.1) is 13.2 Å². The summed E-state index contributed by atoms with van der Waals surface area (Å²) in [5.74, 6) is 0. The zero-order valence-corrected chi connectivity index (χ0v) is 16.3. The Kier molecular flexibility index (Phi) is 5.16. The maximum absolute atomic E-state index is 12.9. The van der Waals surface area contributed by atoms with Gasteiger partial charge < -0.3 is 4.74 Å². The molecule has 0 spiro atoms. The number of hydrogen-bond donors (Lipinski definition) is 0. The molecule has 0 N–H and O–H groups in total. The number of thiophene rings is 1. The van der Waals surface area contributed by atoms with Crippen LogP contribution < -0.4 is 0 Å². The molecule has 0 bridgehead atoms. The second kappa shape index (κ2) is 7.40. The summed E-state index contributed by atoms with van der Waals surface area (Å²) in [4.78, 5) is 2.50. The molecule has 2 aromatic rings. The van der Waals surface area contributed by atoms with E-state index in [0.29, 0.717) is 17.3 Å². The van der Waals surface area contributed by atoms with Crippen LogP contribution >= 0.6 is 11.3 Å². The van der Waals surface area contributed by atoms with Gasteiger partial charge in [-0.05, 0) is 29.9 Å². The number of rotatable bonds is 4. The normalized spacial score (nSPS) is 22.3. The molecule has 2 fully saturated rings. The van der Waals surface area contributed by atoms with Gasteiger partial charge in [-0.1, -0.05) is 36.4 Å². The topological polar surface area (TPSA) is 49.9 Å². The smallest absolute Gasteiger partial charge is 0.252 e. The van der Waals surface area contributed by atoms with Gasteiger partial charge >= 0.3 is 0 Å². The van der Waals surface area contributed by atoms with Crippen molar-refractivity contribution < 1.29 is 13.2 Å². The van der Waals surface area contributed by atoms with Crippen molar-refractivity contribution in [3.8, 4) is 0 Å². The zero-order valence-electron chi connectivity index (χ0n) is 14.7. The Morgan fingerprint density at radius 2 is 1.62 bits per heavy atom. The van der Waals surface area contributed by atoms with Crippen molar-refractivity contribution in [3.05, 3.63) is 53.4 Å². The fraction of sp³-hybridized carbons (Fsp3) is 0.474. The number of ether oxygens (including phenoxy) is 1. The minimum absolute atomic E-state index is 0.105. The average molecular weight is 393 g/mol. The molecule has 26 heavy (non-hydrogen) atoms. The molecule has 0 aliphatic carbocycles. The molecule has 2 saturated heterocycles. The molecule has 4 rings (SSSR count). The van der Waals surface area contributed by atoms with Crippen molar-refractivity contribution in [2.45, 2.75) is 22.6 Å². The molecule has 2 aliphatic rings. The lowest BCUT2D eigenvalue weighted by Gasteiger charge is -2.50. The van der Waals surface area contributed by atoms with E-state index in [0.717, 1.165) is 39.1 Å². The second-order valence-corrected chi connectivity index (χ2v) is 9.95. The molecule has 2 aliphatic heterocycles. The predicted octanol–water partition coefficient (Wildman–Crippen LogP) is 2.76. The Labute approximate surface area is 159 Å². The van der Waals surface area contributed by atoms with E-state index in [4.69, 9.17) is 4.74 Å². The van der Waals surface area contributed by atoms with Crippen LogP contribution in [0.5, 0.6) is 0 Å². The first-order chi connectivity index (χ1) is 12.6. The lowest BCUT2D eigenvalue weighted by molar-refractivity contribution is -0.0439. The highest BCUT2D eigenvalue weighted by Crippen LogP contribution is 2.40. The summed E-state index contributed by atoms with van der Waals surface area (Å²) in [7, 11) is -3.37. The zero-order chi connectivity index (χ0) is 18.0. The standard InChI is InChI=1S/C19H24N2O3S2/c22-26(23,18-7-4-16-25-18)21-10-8-19(9-11-21,17-5-2-1-3-6-17)20-12-14-24-15-13-20/h1-7,16H,8-15H2. The first-order valence-electron chi connectivity index (χ1n) is 9.05. The largest absolute Gasteiger partial charge is 0.379 e. The van der Waals surface area contributed by atoms with Crippen LogP contribution in [-0.2, 0) is 20.3 Å². The van der Waals surface area contributed by atoms with Crippen LogP contribution in [0.2, 0.25) is 0 Å². The Balaban J connectivity index is 1.60. The van der Waals surface area contributed by atoms with Crippen molar-refractivity contribution in [1.82, 2.24) is 9.21 Å². The molecule has 0 saturated carbocycles. The number of sulfonamides is 1. The predicted molar refractivity (Wildman–Crippen MR) is 103 cm³/mol. The molecule has 1 aromatic carbocycles. The Morgan fingerprint density at radius 1 is 0.923 bits per heavy atom. The van der Waals surface area contributed by atoms with Crippen LogP contribution in [0, 0.1) is 0 Å². The number of hydrogen-bond acceptors (Lipinski definition) is 5. The highest BCUT2D eigenvalue weighted by atomic mass is 32.2. The maximum atomic E-state index is 12.9. The number of nitrogens with zero attached hydrogens (tertiary/aromatic N) is 2. The molecule has 3 heterocycles. The summed E-state index contributed by atoms with van der Waals surface area (Å²) in [6, 6.07) is 14.0. The number of benzene rings is 1. The van der Waals surface area contributed by atoms with E-state index in [1.165, 1.54) is 16.9 Å². The SMILES string of the molecule is O=S(=O)(c1cccs1)N1CCC(c2ccccc2)(N2CCOCC2)CC1. The molecule has 5 nitrogen and oxygen atoms in total. The maximum Gasteiger partial charge on any atom is 0.252 e. The lowest BCUT2D eigenvalue weighted by Crippen LogP contribution is -2.57. The summed E-state index contributed by atoms with van der Waals surface area (Å²) in [5.41, 5.74) is 1.18. The van der Waals surface area contributed by atoms with Crippen LogP contribution in [-0.4, -0.2) is 57.0 Å². The fourth-order valence-corrected chi connectivity index (χ4v) is 6.75. The quantitative estimate of drug-likeness (QED) is 0.803. The summed E-state index contributed by atoms with van der Waals surface area (Å²) in [5, 5.41) is 1.82. The van der Waals surface area contributed by atoms with Gasteiger partial charge in [0, 0.05) is 31.7 Å². The van der Waals surface area contributed by atoms with Gasteiger partial charge in [-0.25, -0.2) is 8.42 Å². The van der Waals surface area contributed by atoms with E-state index in [2.05, 4.69) is 29.2 Å². The molecular formula is C19H24N2O3S2. The van der Waals surface area contributed by atoms with Crippen molar-refractivity contribution >= 4 is 21.4 Å². The van der Waals surface area contributed by atoms with Gasteiger partial charge in [-0.3, -0.25) is 4.90 Å². The van der Waals surface area contributed by atoms with E-state index >= 15 is 0 Å². The van der Waals surface area contributed by atoms with Crippen LogP contribution in [0.4, 0.5) is 0 Å². The van der Waals surface area contributed by atoms with Gasteiger partial charge in [-0.15, -0.1) is 11.3 Å². The fourth-order valence-electron chi connectivity index (χ4n) is 4.16. The Bertz CT molecular complexity index is 808. The molecule has 7 heteroatoms. The molecule has 0 unspecified atom stereocenters. The van der Waals surface area contributed by atoms with E-state index in [1.807, 2.05) is 11.4 Å². The minimum atomic E-state index is -3.37. The minimum Gasteiger partial charge on any atom is -0.379 e. The summed E-state index contributed by atoms with van der Waals surface area (Å²) < 4.78 is 33.4. The molecule has 140 valence electrons. The van der Waals surface area contributed by atoms with Crippen molar-refractivity contribution in [1.29, 1.82) is 0 Å². The van der Waals surface area contributed by atoms with Gasteiger partial charge in [0.25, 0.3) is 10.0 Å². The van der Waals surface area contributed by atoms with Crippen LogP contribution in [0.3, 0.4) is 0 Å².